The first-order valence-electron chi connectivity index (χ1n) is 6.01. The van der Waals surface area contributed by atoms with Gasteiger partial charge in [-0.25, -0.2) is 0 Å². The Balaban J connectivity index is 2.25. The molecule has 1 aliphatic carbocycles. The number of unbranched alkanes of at least 4 members (excludes halogenated alkanes) is 1. The van der Waals surface area contributed by atoms with Crippen LogP contribution in [0, 0.1) is 11.8 Å². The molecule has 0 saturated heterocycles. The number of hydrogen-bond donors (Lipinski definition) is 0. The summed E-state index contributed by atoms with van der Waals surface area (Å²) >= 11 is 0. The Labute approximate surface area is 95.3 Å². The summed E-state index contributed by atoms with van der Waals surface area (Å²) in [5.74, 6) is -0.801. The van der Waals surface area contributed by atoms with Crippen molar-refractivity contribution in [2.24, 2.45) is 11.8 Å². The topological polar surface area (TPSA) is 43.4 Å². The first-order chi connectivity index (χ1) is 7.65. The molecule has 0 aliphatic heterocycles. The summed E-state index contributed by atoms with van der Waals surface area (Å²) in [7, 11) is 0. The molecule has 1 fully saturated rings. The van der Waals surface area contributed by atoms with Gasteiger partial charge in [0.25, 0.3) is 0 Å². The maximum atomic E-state index is 12.4. The minimum absolute atomic E-state index is 0.132. The maximum Gasteiger partial charge on any atom is 0.308 e. The fourth-order valence-corrected chi connectivity index (χ4v) is 1.99. The normalized spacial score (nSPS) is 25.1. The van der Waals surface area contributed by atoms with Crippen LogP contribution in [0.1, 0.15) is 45.4 Å². The Bertz CT molecular complexity index is 245. The van der Waals surface area contributed by atoms with Crippen LogP contribution in [0.15, 0.2) is 0 Å². The van der Waals surface area contributed by atoms with E-state index in [1.165, 1.54) is 0 Å². The van der Waals surface area contributed by atoms with Crippen molar-refractivity contribution in [3.8, 4) is 0 Å². The lowest BCUT2D eigenvalue weighted by Crippen LogP contribution is -2.26. The van der Waals surface area contributed by atoms with Gasteiger partial charge in [-0.15, -0.1) is 0 Å². The molecule has 0 radical (unpaired) electrons. The Morgan fingerprint density at radius 2 is 1.75 bits per heavy atom. The Morgan fingerprint density at radius 1 is 1.19 bits per heavy atom. The van der Waals surface area contributed by atoms with E-state index in [9.17, 15) is 14.0 Å². The second-order valence-corrected chi connectivity index (χ2v) is 4.37. The predicted molar refractivity (Wildman–Crippen MR) is 57.4 cm³/mol. The van der Waals surface area contributed by atoms with Gasteiger partial charge in [0.1, 0.15) is 0 Å². The third-order valence-electron chi connectivity index (χ3n) is 3.12. The van der Waals surface area contributed by atoms with Crippen LogP contribution in [0.25, 0.3) is 0 Å². The number of ether oxygens (including phenoxy) is 1. The number of halogens is 1. The fourth-order valence-electron chi connectivity index (χ4n) is 1.99. The van der Waals surface area contributed by atoms with Gasteiger partial charge in [0.2, 0.25) is 0 Å². The van der Waals surface area contributed by atoms with Crippen molar-refractivity contribution in [3.63, 3.8) is 0 Å². The SMILES string of the molecule is CCCCOC(=O)C1CCC(C(=O)F)CC1. The Kier molecular flexibility index (Phi) is 5.43. The molecule has 1 saturated carbocycles. The van der Waals surface area contributed by atoms with Crippen molar-refractivity contribution in [1.82, 2.24) is 0 Å². The van der Waals surface area contributed by atoms with Crippen LogP contribution in [-0.2, 0) is 14.3 Å². The molecule has 0 aromatic rings. The van der Waals surface area contributed by atoms with E-state index in [1.807, 2.05) is 6.92 Å². The second-order valence-electron chi connectivity index (χ2n) is 4.37. The predicted octanol–water partition coefficient (Wildman–Crippen LogP) is 2.63. The van der Waals surface area contributed by atoms with Gasteiger partial charge >= 0.3 is 12.0 Å². The van der Waals surface area contributed by atoms with Gasteiger partial charge in [0, 0.05) is 5.92 Å². The van der Waals surface area contributed by atoms with Gasteiger partial charge < -0.3 is 4.74 Å². The molecular weight excluding hydrogens is 211 g/mol. The van der Waals surface area contributed by atoms with E-state index < -0.39 is 12.0 Å². The van der Waals surface area contributed by atoms with Crippen LogP contribution >= 0.6 is 0 Å². The monoisotopic (exact) mass is 230 g/mol. The molecule has 92 valence electrons. The van der Waals surface area contributed by atoms with E-state index in [4.69, 9.17) is 4.74 Å². The third kappa shape index (κ3) is 3.91. The standard InChI is InChI=1S/C12H19FO3/c1-2-3-8-16-12(15)10-6-4-9(5-7-10)11(13)14/h9-10H,2-8H2,1H3. The van der Waals surface area contributed by atoms with Crippen molar-refractivity contribution in [1.29, 1.82) is 0 Å². The summed E-state index contributed by atoms with van der Waals surface area (Å²) < 4.78 is 17.5. The Morgan fingerprint density at radius 3 is 2.25 bits per heavy atom. The second kappa shape index (κ2) is 6.61. The summed E-state index contributed by atoms with van der Waals surface area (Å²) in [5.41, 5.74) is 0. The van der Waals surface area contributed by atoms with E-state index >= 15 is 0 Å². The van der Waals surface area contributed by atoms with Crippen molar-refractivity contribution in [2.45, 2.75) is 45.4 Å². The fraction of sp³-hybridized carbons (Fsp3) is 0.833. The first kappa shape index (κ1) is 13.1. The van der Waals surface area contributed by atoms with Crippen LogP contribution in [-0.4, -0.2) is 18.6 Å². The molecule has 4 heteroatoms. The summed E-state index contributed by atoms with van der Waals surface area (Å²) in [6.45, 7) is 2.50. The molecule has 0 heterocycles. The highest BCUT2D eigenvalue weighted by Crippen LogP contribution is 2.30. The molecule has 0 N–H and O–H groups in total. The summed E-state index contributed by atoms with van der Waals surface area (Å²) in [5, 5.41) is 0. The molecule has 3 nitrogen and oxygen atoms in total. The average molecular weight is 230 g/mol. The van der Waals surface area contributed by atoms with E-state index in [0.717, 1.165) is 12.8 Å². The molecule has 0 unspecified atom stereocenters. The zero-order chi connectivity index (χ0) is 12.0. The van der Waals surface area contributed by atoms with E-state index in [-0.39, 0.29) is 11.9 Å². The minimum Gasteiger partial charge on any atom is -0.465 e. The van der Waals surface area contributed by atoms with Gasteiger partial charge in [-0.05, 0) is 32.1 Å². The zero-order valence-corrected chi connectivity index (χ0v) is 9.71. The summed E-state index contributed by atoms with van der Waals surface area (Å²) in [6.07, 6.45) is 3.97. The lowest BCUT2D eigenvalue weighted by molar-refractivity contribution is -0.151. The minimum atomic E-state index is -1.24. The van der Waals surface area contributed by atoms with Crippen molar-refractivity contribution in [3.05, 3.63) is 0 Å². The number of carbonyl (C=O) groups is 2. The number of rotatable bonds is 5. The molecule has 0 amide bonds. The molecular formula is C12H19FO3. The smallest absolute Gasteiger partial charge is 0.308 e. The number of hydrogen-bond acceptors (Lipinski definition) is 3. The van der Waals surface area contributed by atoms with Crippen LogP contribution in [0.5, 0.6) is 0 Å². The number of esters is 1. The van der Waals surface area contributed by atoms with Crippen LogP contribution in [0.4, 0.5) is 4.39 Å². The van der Waals surface area contributed by atoms with E-state index in [2.05, 4.69) is 0 Å². The quantitative estimate of drug-likeness (QED) is 0.414. The van der Waals surface area contributed by atoms with Gasteiger partial charge in [0.05, 0.1) is 12.5 Å². The lowest BCUT2D eigenvalue weighted by atomic mass is 9.82. The maximum absolute atomic E-state index is 12.4. The van der Waals surface area contributed by atoms with Crippen LogP contribution in [0.2, 0.25) is 0 Å². The Hall–Kier alpha value is -0.930. The highest BCUT2D eigenvalue weighted by molar-refractivity contribution is 5.74. The third-order valence-corrected chi connectivity index (χ3v) is 3.12. The lowest BCUT2D eigenvalue weighted by Gasteiger charge is -2.24. The highest BCUT2D eigenvalue weighted by Gasteiger charge is 2.30. The van der Waals surface area contributed by atoms with Gasteiger partial charge in [-0.3, -0.25) is 9.59 Å². The summed E-state index contributed by atoms with van der Waals surface area (Å²) in [6, 6.07) is -1.24. The van der Waals surface area contributed by atoms with Gasteiger partial charge in [-0.2, -0.15) is 4.39 Å². The van der Waals surface area contributed by atoms with E-state index in [1.54, 1.807) is 0 Å². The summed E-state index contributed by atoms with van der Waals surface area (Å²) in [4.78, 5) is 22.1. The molecule has 16 heavy (non-hydrogen) atoms. The van der Waals surface area contributed by atoms with Gasteiger partial charge in [-0.1, -0.05) is 13.3 Å². The molecule has 0 atom stereocenters. The molecule has 0 spiro atoms. The average Bonchev–Trinajstić information content (AvgIpc) is 2.29. The molecule has 0 aromatic carbocycles. The highest BCUT2D eigenvalue weighted by atomic mass is 19.1. The van der Waals surface area contributed by atoms with Gasteiger partial charge in [0.15, 0.2) is 0 Å². The van der Waals surface area contributed by atoms with Crippen LogP contribution < -0.4 is 0 Å². The molecule has 0 aromatic heterocycles. The van der Waals surface area contributed by atoms with Crippen LogP contribution in [0.3, 0.4) is 0 Å². The number of carbonyl (C=O) groups excluding carboxylic acids is 2. The van der Waals surface area contributed by atoms with Crippen molar-refractivity contribution < 1.29 is 18.7 Å². The largest absolute Gasteiger partial charge is 0.465 e. The van der Waals surface area contributed by atoms with Crippen molar-refractivity contribution in [2.75, 3.05) is 6.61 Å². The first-order valence-corrected chi connectivity index (χ1v) is 6.01. The van der Waals surface area contributed by atoms with Crippen molar-refractivity contribution >= 4 is 12.0 Å². The zero-order valence-electron chi connectivity index (χ0n) is 9.71. The molecule has 1 aliphatic rings. The van der Waals surface area contributed by atoms with E-state index in [0.29, 0.717) is 32.3 Å². The molecule has 1 rings (SSSR count). The molecule has 0 bridgehead atoms.